The van der Waals surface area contributed by atoms with Crippen LogP contribution in [0.5, 0.6) is 0 Å². The van der Waals surface area contributed by atoms with Crippen LogP contribution in [-0.4, -0.2) is 50.0 Å². The molecular weight excluding hydrogens is 371 g/mol. The molecule has 0 aromatic rings. The summed E-state index contributed by atoms with van der Waals surface area (Å²) in [6.45, 7) is 6.90. The summed E-state index contributed by atoms with van der Waals surface area (Å²) in [4.78, 5) is 30.9. The second-order valence-electron chi connectivity index (χ2n) is 5.85. The van der Waals surface area contributed by atoms with Crippen molar-refractivity contribution in [2.24, 2.45) is 5.92 Å². The first-order valence-corrected chi connectivity index (χ1v) is 12.3. The van der Waals surface area contributed by atoms with Gasteiger partial charge in [0.2, 0.25) is 0 Å². The average Bonchev–Trinajstić information content (AvgIpc) is 2.78. The number of nitrogens with one attached hydrogen (secondary N) is 1. The van der Waals surface area contributed by atoms with Crippen molar-refractivity contribution >= 4 is 31.8 Å². The van der Waals surface area contributed by atoms with Gasteiger partial charge in [0.25, 0.3) is 0 Å². The van der Waals surface area contributed by atoms with E-state index < -0.39 is 32.0 Å². The number of hydrogen-bond donors (Lipinski definition) is 1. The van der Waals surface area contributed by atoms with Crippen molar-refractivity contribution in [2.75, 3.05) is 23.5 Å². The third kappa shape index (κ3) is 3.56. The van der Waals surface area contributed by atoms with E-state index >= 15 is 0 Å². The maximum absolute atomic E-state index is 12.8. The Morgan fingerprint density at radius 2 is 1.95 bits per heavy atom. The Morgan fingerprint density at radius 1 is 1.35 bits per heavy atom. The van der Waals surface area contributed by atoms with Gasteiger partial charge in [0, 0.05) is 0 Å². The van der Waals surface area contributed by atoms with Crippen molar-refractivity contribution in [2.45, 2.75) is 43.2 Å². The van der Waals surface area contributed by atoms with E-state index in [4.69, 9.17) is 0 Å². The normalized spacial score (nSPS) is 24.6. The van der Waals surface area contributed by atoms with Crippen LogP contribution in [-0.2, 0) is 9.53 Å². The minimum atomic E-state index is -1.18. The third-order valence-electron chi connectivity index (χ3n) is 4.05. The Bertz CT molecular complexity index is 373. The fraction of sp³-hybridized carbons (Fsp3) is 0.857. The number of ether oxygens (including phenoxy) is 1. The molecule has 0 radical (unpaired) electrons. The van der Waals surface area contributed by atoms with Gasteiger partial charge in [0.1, 0.15) is 0 Å². The summed E-state index contributed by atoms with van der Waals surface area (Å²) in [5, 5.41) is 2.68. The second-order valence-corrected chi connectivity index (χ2v) is 12.5. The first-order valence-electron chi connectivity index (χ1n) is 6.90. The van der Waals surface area contributed by atoms with Crippen molar-refractivity contribution in [3.63, 3.8) is 0 Å². The Morgan fingerprint density at radius 3 is 2.40 bits per heavy atom. The van der Waals surface area contributed by atoms with Crippen molar-refractivity contribution in [3.05, 3.63) is 0 Å². The van der Waals surface area contributed by atoms with Gasteiger partial charge in [0.05, 0.1) is 0 Å². The van der Waals surface area contributed by atoms with Crippen molar-refractivity contribution in [1.29, 1.82) is 0 Å². The summed E-state index contributed by atoms with van der Waals surface area (Å²) in [6.07, 6.45) is 1.60. The quantitative estimate of drug-likeness (QED) is 0.450. The Labute approximate surface area is 129 Å². The number of halogens is 1. The predicted octanol–water partition coefficient (Wildman–Crippen LogP) is 2.47. The molecule has 0 spiro atoms. The zero-order valence-corrected chi connectivity index (χ0v) is 15.5. The Balaban J connectivity index is 2.92. The topological polar surface area (TPSA) is 58.6 Å². The van der Waals surface area contributed by atoms with Crippen LogP contribution in [0.3, 0.4) is 0 Å². The zero-order valence-electron chi connectivity index (χ0n) is 13.3. The summed E-state index contributed by atoms with van der Waals surface area (Å²) >= 11 is -1.18. The van der Waals surface area contributed by atoms with E-state index in [0.29, 0.717) is 0 Å². The Kier molecular flexibility index (Phi) is 6.09. The number of methoxy groups -OCH3 is 1. The standard InChI is InChI=1S/C14H27IN2O3/c1-10(2)11(16-13(19)20-6)12(18)17-9-7-8-14(17,3)15(4)5/h10-11H,7-9H2,1-6H3,(H,16,19)/t11-,14-/m0/s1. The van der Waals surface area contributed by atoms with Gasteiger partial charge in [-0.15, -0.1) is 0 Å². The van der Waals surface area contributed by atoms with E-state index in [2.05, 4.69) is 26.8 Å². The monoisotopic (exact) mass is 398 g/mol. The number of likely N-dealkylation sites (tertiary alicyclic amines) is 1. The molecule has 1 saturated heterocycles. The van der Waals surface area contributed by atoms with Crippen LogP contribution in [0.2, 0.25) is 0 Å². The summed E-state index contributed by atoms with van der Waals surface area (Å²) in [5.74, 6) is 0.0822. The summed E-state index contributed by atoms with van der Waals surface area (Å²) in [7, 11) is 1.32. The molecule has 118 valence electrons. The number of carbonyl (C=O) groups is 2. The van der Waals surface area contributed by atoms with Gasteiger partial charge < -0.3 is 0 Å². The van der Waals surface area contributed by atoms with Gasteiger partial charge in [-0.05, 0) is 0 Å². The van der Waals surface area contributed by atoms with E-state index in [9.17, 15) is 9.59 Å². The molecule has 1 fully saturated rings. The number of amides is 2. The molecule has 5 nitrogen and oxygen atoms in total. The van der Waals surface area contributed by atoms with Crippen molar-refractivity contribution in [1.82, 2.24) is 10.2 Å². The molecule has 0 aliphatic carbocycles. The maximum atomic E-state index is 12.8. The van der Waals surface area contributed by atoms with Gasteiger partial charge in [-0.25, -0.2) is 0 Å². The molecule has 0 aromatic carbocycles. The molecule has 1 N–H and O–H groups in total. The molecule has 2 amide bonds. The van der Waals surface area contributed by atoms with Crippen LogP contribution in [0.15, 0.2) is 0 Å². The van der Waals surface area contributed by atoms with Gasteiger partial charge in [-0.3, -0.25) is 0 Å². The van der Waals surface area contributed by atoms with Crippen LogP contribution >= 0.6 is 19.8 Å². The number of alkyl carbamates (subject to hydrolysis) is 1. The SMILES string of the molecule is COC(=O)N[C@H](C(=O)N1CCC[C@@]1(C)I(C)C)C(C)C. The van der Waals surface area contributed by atoms with Gasteiger partial charge in [-0.2, -0.15) is 0 Å². The van der Waals surface area contributed by atoms with Crippen molar-refractivity contribution < 1.29 is 14.3 Å². The number of hydrogen-bond acceptors (Lipinski definition) is 3. The molecule has 0 saturated carbocycles. The second kappa shape index (κ2) is 6.95. The van der Waals surface area contributed by atoms with E-state index in [-0.39, 0.29) is 15.4 Å². The summed E-state index contributed by atoms with van der Waals surface area (Å²) in [6, 6.07) is -0.504. The predicted molar refractivity (Wildman–Crippen MR) is 89.4 cm³/mol. The number of alkyl halides is 3. The number of nitrogens with zero attached hydrogens (tertiary/aromatic N) is 1. The molecule has 20 heavy (non-hydrogen) atoms. The molecule has 0 aromatic heterocycles. The first-order chi connectivity index (χ1) is 9.24. The molecule has 1 aliphatic rings. The van der Waals surface area contributed by atoms with Gasteiger partial charge >= 0.3 is 129 Å². The third-order valence-corrected chi connectivity index (χ3v) is 9.82. The minimum absolute atomic E-state index is 0.0337. The van der Waals surface area contributed by atoms with Crippen LogP contribution in [0.25, 0.3) is 0 Å². The molecule has 0 unspecified atom stereocenters. The molecule has 2 atom stereocenters. The fourth-order valence-corrected chi connectivity index (χ4v) is 5.63. The van der Waals surface area contributed by atoms with E-state index in [1.54, 1.807) is 0 Å². The molecule has 1 heterocycles. The molecule has 0 bridgehead atoms. The van der Waals surface area contributed by atoms with E-state index in [0.717, 1.165) is 19.4 Å². The van der Waals surface area contributed by atoms with Crippen LogP contribution in [0.1, 0.15) is 33.6 Å². The van der Waals surface area contributed by atoms with Crippen LogP contribution in [0.4, 0.5) is 4.79 Å². The molecular formula is C14H27IN2O3. The molecule has 6 heteroatoms. The van der Waals surface area contributed by atoms with E-state index in [1.807, 2.05) is 18.7 Å². The van der Waals surface area contributed by atoms with Gasteiger partial charge in [0.15, 0.2) is 0 Å². The molecule has 1 aliphatic heterocycles. The zero-order chi connectivity index (χ0) is 15.5. The first kappa shape index (κ1) is 17.5. The fourth-order valence-electron chi connectivity index (χ4n) is 2.53. The molecule has 1 rings (SSSR count). The number of rotatable bonds is 4. The van der Waals surface area contributed by atoms with Crippen LogP contribution in [0, 0.1) is 5.92 Å². The average molecular weight is 398 g/mol. The van der Waals surface area contributed by atoms with Gasteiger partial charge in [-0.1, -0.05) is 0 Å². The number of carbonyl (C=O) groups excluding carboxylic acids is 2. The van der Waals surface area contributed by atoms with Crippen molar-refractivity contribution in [3.8, 4) is 0 Å². The Hall–Kier alpha value is -0.530. The van der Waals surface area contributed by atoms with Crippen LogP contribution < -0.4 is 5.32 Å². The summed E-state index contributed by atoms with van der Waals surface area (Å²) in [5.41, 5.74) is 0. The summed E-state index contributed by atoms with van der Waals surface area (Å²) < 4.78 is 4.67. The van der Waals surface area contributed by atoms with E-state index in [1.165, 1.54) is 7.11 Å².